The molecule has 3 nitrogen and oxygen atoms in total. The van der Waals surface area contributed by atoms with E-state index in [4.69, 9.17) is 0 Å². The number of rotatable bonds is 5. The van der Waals surface area contributed by atoms with E-state index in [0.717, 1.165) is 12.2 Å². The zero-order valence-electron chi connectivity index (χ0n) is 11.9. The molecule has 0 spiro atoms. The molecule has 2 rings (SSSR count). The van der Waals surface area contributed by atoms with Crippen molar-refractivity contribution in [3.8, 4) is 0 Å². The summed E-state index contributed by atoms with van der Waals surface area (Å²) in [5, 5.41) is 6.14. The summed E-state index contributed by atoms with van der Waals surface area (Å²) in [5.74, 6) is -0.0357. The second-order valence-electron chi connectivity index (χ2n) is 4.78. The smallest absolute Gasteiger partial charge is 0.251 e. The number of hydrogen-bond acceptors (Lipinski definition) is 2. The maximum Gasteiger partial charge on any atom is 0.251 e. The van der Waals surface area contributed by atoms with E-state index < -0.39 is 0 Å². The van der Waals surface area contributed by atoms with E-state index >= 15 is 0 Å². The van der Waals surface area contributed by atoms with Gasteiger partial charge in [-0.25, -0.2) is 0 Å². The fraction of sp³-hybridized carbons (Fsp3) is 0.235. The Balaban J connectivity index is 2.01. The van der Waals surface area contributed by atoms with Gasteiger partial charge in [0.2, 0.25) is 0 Å². The molecule has 0 bridgehead atoms. The monoisotopic (exact) mass is 268 g/mol. The van der Waals surface area contributed by atoms with Crippen LogP contribution in [0.2, 0.25) is 0 Å². The molecule has 3 heteroatoms. The van der Waals surface area contributed by atoms with E-state index in [0.29, 0.717) is 12.1 Å². The molecule has 0 radical (unpaired) electrons. The van der Waals surface area contributed by atoms with Crippen LogP contribution < -0.4 is 10.6 Å². The van der Waals surface area contributed by atoms with Crippen molar-refractivity contribution in [2.24, 2.45) is 0 Å². The van der Waals surface area contributed by atoms with Crippen LogP contribution in [0, 0.1) is 6.92 Å². The summed E-state index contributed by atoms with van der Waals surface area (Å²) in [6.45, 7) is 5.38. The van der Waals surface area contributed by atoms with E-state index in [-0.39, 0.29) is 5.91 Å². The lowest BCUT2D eigenvalue weighted by Crippen LogP contribution is -2.22. The van der Waals surface area contributed by atoms with Crippen molar-refractivity contribution in [3.63, 3.8) is 0 Å². The average molecular weight is 268 g/mol. The first kappa shape index (κ1) is 14.1. The first-order valence-corrected chi connectivity index (χ1v) is 6.86. The highest BCUT2D eigenvalue weighted by Crippen LogP contribution is 2.12. The lowest BCUT2D eigenvalue weighted by Gasteiger charge is -2.09. The maximum absolute atomic E-state index is 11.8. The summed E-state index contributed by atoms with van der Waals surface area (Å²) in [7, 11) is 0. The molecule has 0 heterocycles. The average Bonchev–Trinajstić information content (AvgIpc) is 2.47. The number of hydrogen-bond donors (Lipinski definition) is 2. The van der Waals surface area contributed by atoms with Gasteiger partial charge in [-0.15, -0.1) is 0 Å². The first-order chi connectivity index (χ1) is 9.69. The van der Waals surface area contributed by atoms with Crippen molar-refractivity contribution < 1.29 is 4.79 Å². The summed E-state index contributed by atoms with van der Waals surface area (Å²) in [5.41, 5.74) is 4.11. The maximum atomic E-state index is 11.8. The summed E-state index contributed by atoms with van der Waals surface area (Å²) in [6.07, 6.45) is 0. The van der Waals surface area contributed by atoms with E-state index in [2.05, 4.69) is 41.8 Å². The highest BCUT2D eigenvalue weighted by atomic mass is 16.1. The SMILES string of the molecule is CCNC(=O)c1cccc(NCc2ccc(C)cc2)c1. The van der Waals surface area contributed by atoms with Gasteiger partial charge in [0.15, 0.2) is 0 Å². The Kier molecular flexibility index (Phi) is 4.77. The third-order valence-corrected chi connectivity index (χ3v) is 3.08. The van der Waals surface area contributed by atoms with E-state index in [1.54, 1.807) is 0 Å². The van der Waals surface area contributed by atoms with Gasteiger partial charge in [-0.1, -0.05) is 35.9 Å². The first-order valence-electron chi connectivity index (χ1n) is 6.86. The van der Waals surface area contributed by atoms with Crippen molar-refractivity contribution in [1.29, 1.82) is 0 Å². The van der Waals surface area contributed by atoms with Crippen LogP contribution in [0.1, 0.15) is 28.4 Å². The highest BCUT2D eigenvalue weighted by molar-refractivity contribution is 5.95. The molecule has 104 valence electrons. The van der Waals surface area contributed by atoms with Crippen LogP contribution >= 0.6 is 0 Å². The van der Waals surface area contributed by atoms with Gasteiger partial charge in [0.25, 0.3) is 5.91 Å². The van der Waals surface area contributed by atoms with E-state index in [1.807, 2.05) is 31.2 Å². The quantitative estimate of drug-likeness (QED) is 0.873. The van der Waals surface area contributed by atoms with E-state index in [1.165, 1.54) is 11.1 Å². The number of aryl methyl sites for hydroxylation is 1. The molecule has 0 unspecified atom stereocenters. The zero-order chi connectivity index (χ0) is 14.4. The topological polar surface area (TPSA) is 41.1 Å². The summed E-state index contributed by atoms with van der Waals surface area (Å²) in [6, 6.07) is 16.0. The van der Waals surface area contributed by atoms with Crippen molar-refractivity contribution in [1.82, 2.24) is 5.32 Å². The van der Waals surface area contributed by atoms with Gasteiger partial charge in [-0.05, 0) is 37.6 Å². The Morgan fingerprint density at radius 2 is 1.85 bits per heavy atom. The molecule has 0 aliphatic rings. The van der Waals surface area contributed by atoms with Gasteiger partial charge in [0, 0.05) is 24.3 Å². The Labute approximate surface area is 120 Å². The molecule has 2 aromatic rings. The van der Waals surface area contributed by atoms with Crippen LogP contribution in [0.4, 0.5) is 5.69 Å². The number of nitrogens with one attached hydrogen (secondary N) is 2. The van der Waals surface area contributed by atoms with Gasteiger partial charge in [-0.3, -0.25) is 4.79 Å². The fourth-order valence-corrected chi connectivity index (χ4v) is 1.94. The molecule has 0 fully saturated rings. The number of anilines is 1. The van der Waals surface area contributed by atoms with Crippen molar-refractivity contribution in [2.45, 2.75) is 20.4 Å². The number of benzene rings is 2. The van der Waals surface area contributed by atoms with Gasteiger partial charge in [-0.2, -0.15) is 0 Å². The Hall–Kier alpha value is -2.29. The molecule has 0 aromatic heterocycles. The van der Waals surface area contributed by atoms with Gasteiger partial charge in [0.1, 0.15) is 0 Å². The molecule has 0 aliphatic carbocycles. The van der Waals surface area contributed by atoms with Crippen LogP contribution in [-0.4, -0.2) is 12.5 Å². The molecular formula is C17H20N2O. The minimum atomic E-state index is -0.0357. The summed E-state index contributed by atoms with van der Waals surface area (Å²) >= 11 is 0. The largest absolute Gasteiger partial charge is 0.381 e. The van der Waals surface area contributed by atoms with Crippen LogP contribution in [0.15, 0.2) is 48.5 Å². The third-order valence-electron chi connectivity index (χ3n) is 3.08. The molecule has 1 amide bonds. The highest BCUT2D eigenvalue weighted by Gasteiger charge is 2.04. The molecule has 2 N–H and O–H groups in total. The fourth-order valence-electron chi connectivity index (χ4n) is 1.94. The minimum Gasteiger partial charge on any atom is -0.381 e. The Bertz CT molecular complexity index is 576. The molecule has 20 heavy (non-hydrogen) atoms. The van der Waals surface area contributed by atoms with Crippen LogP contribution in [0.25, 0.3) is 0 Å². The Morgan fingerprint density at radius 3 is 2.55 bits per heavy atom. The predicted molar refractivity (Wildman–Crippen MR) is 83.0 cm³/mol. The second-order valence-corrected chi connectivity index (χ2v) is 4.78. The minimum absolute atomic E-state index is 0.0357. The second kappa shape index (κ2) is 6.75. The number of carbonyl (C=O) groups excluding carboxylic acids is 1. The number of amides is 1. The molecule has 0 aliphatic heterocycles. The molecule has 0 saturated heterocycles. The summed E-state index contributed by atoms with van der Waals surface area (Å²) < 4.78 is 0. The normalized spacial score (nSPS) is 10.1. The third kappa shape index (κ3) is 3.85. The standard InChI is InChI=1S/C17H20N2O/c1-3-18-17(20)15-5-4-6-16(11-15)19-12-14-9-7-13(2)8-10-14/h4-11,19H,3,12H2,1-2H3,(H,18,20). The van der Waals surface area contributed by atoms with E-state index in [9.17, 15) is 4.79 Å². The van der Waals surface area contributed by atoms with Gasteiger partial charge in [0.05, 0.1) is 0 Å². The number of carbonyl (C=O) groups is 1. The predicted octanol–water partition coefficient (Wildman–Crippen LogP) is 3.36. The molecule has 2 aromatic carbocycles. The van der Waals surface area contributed by atoms with Crippen LogP contribution in [0.3, 0.4) is 0 Å². The molecular weight excluding hydrogens is 248 g/mol. The van der Waals surface area contributed by atoms with Crippen LogP contribution in [-0.2, 0) is 6.54 Å². The van der Waals surface area contributed by atoms with Gasteiger partial charge >= 0.3 is 0 Å². The molecule has 0 saturated carbocycles. The van der Waals surface area contributed by atoms with Crippen molar-refractivity contribution in [3.05, 3.63) is 65.2 Å². The van der Waals surface area contributed by atoms with Crippen LogP contribution in [0.5, 0.6) is 0 Å². The summed E-state index contributed by atoms with van der Waals surface area (Å²) in [4.78, 5) is 11.8. The van der Waals surface area contributed by atoms with Crippen molar-refractivity contribution >= 4 is 11.6 Å². The van der Waals surface area contributed by atoms with Crippen molar-refractivity contribution in [2.75, 3.05) is 11.9 Å². The molecule has 0 atom stereocenters. The zero-order valence-corrected chi connectivity index (χ0v) is 11.9. The van der Waals surface area contributed by atoms with Gasteiger partial charge < -0.3 is 10.6 Å². The lowest BCUT2D eigenvalue weighted by atomic mass is 10.1. The Morgan fingerprint density at radius 1 is 1.10 bits per heavy atom. The lowest BCUT2D eigenvalue weighted by molar-refractivity contribution is 0.0956.